The Hall–Kier alpha value is -1.97. The van der Waals surface area contributed by atoms with E-state index in [0.717, 1.165) is 41.0 Å². The lowest BCUT2D eigenvalue weighted by Gasteiger charge is -2.14. The van der Waals surface area contributed by atoms with Crippen LogP contribution in [0, 0.1) is 5.92 Å². The van der Waals surface area contributed by atoms with E-state index in [0.29, 0.717) is 11.7 Å². The van der Waals surface area contributed by atoms with Crippen molar-refractivity contribution in [3.8, 4) is 11.5 Å². The monoisotopic (exact) mass is 288 g/mol. The predicted molar refractivity (Wildman–Crippen MR) is 87.6 cm³/mol. The third kappa shape index (κ3) is 3.38. The van der Waals surface area contributed by atoms with Crippen molar-refractivity contribution in [1.29, 1.82) is 0 Å². The molecular weight excluding hydrogens is 264 g/mol. The van der Waals surface area contributed by atoms with Gasteiger partial charge in [0.25, 0.3) is 0 Å². The van der Waals surface area contributed by atoms with Crippen molar-refractivity contribution in [3.63, 3.8) is 0 Å². The van der Waals surface area contributed by atoms with E-state index in [1.54, 1.807) is 14.2 Å². The number of nitrogens with one attached hydrogen (secondary N) is 1. The molecule has 21 heavy (non-hydrogen) atoms. The topological polar surface area (TPSA) is 43.4 Å². The van der Waals surface area contributed by atoms with Gasteiger partial charge in [-0.05, 0) is 31.4 Å². The number of fused-ring (bicyclic) bond motifs is 1. The van der Waals surface area contributed by atoms with Crippen molar-refractivity contribution < 1.29 is 9.47 Å². The van der Waals surface area contributed by atoms with Crippen molar-refractivity contribution in [2.45, 2.75) is 27.2 Å². The van der Waals surface area contributed by atoms with Crippen LogP contribution in [-0.4, -0.2) is 25.7 Å². The number of anilines is 1. The summed E-state index contributed by atoms with van der Waals surface area (Å²) < 4.78 is 10.8. The normalized spacial score (nSPS) is 11.0. The van der Waals surface area contributed by atoms with Crippen LogP contribution in [0.15, 0.2) is 18.2 Å². The first-order chi connectivity index (χ1) is 10.1. The first-order valence-corrected chi connectivity index (χ1v) is 7.38. The minimum absolute atomic E-state index is 0.574. The Bertz CT molecular complexity index is 624. The molecule has 0 fully saturated rings. The van der Waals surface area contributed by atoms with Crippen LogP contribution >= 0.6 is 0 Å². The second kappa shape index (κ2) is 6.66. The minimum atomic E-state index is 0.574. The number of benzene rings is 1. The van der Waals surface area contributed by atoms with Crippen molar-refractivity contribution in [2.24, 2.45) is 5.92 Å². The average molecular weight is 288 g/mol. The molecule has 114 valence electrons. The van der Waals surface area contributed by atoms with Crippen LogP contribution in [0.25, 0.3) is 10.9 Å². The van der Waals surface area contributed by atoms with E-state index >= 15 is 0 Å². The fourth-order valence-electron chi connectivity index (χ4n) is 2.47. The molecule has 2 aromatic rings. The molecule has 1 aromatic heterocycles. The van der Waals surface area contributed by atoms with Gasteiger partial charge in [0, 0.05) is 29.4 Å². The zero-order valence-corrected chi connectivity index (χ0v) is 13.5. The first-order valence-electron chi connectivity index (χ1n) is 7.38. The van der Waals surface area contributed by atoms with E-state index < -0.39 is 0 Å². The molecule has 1 heterocycles. The van der Waals surface area contributed by atoms with Crippen LogP contribution < -0.4 is 14.8 Å². The fraction of sp³-hybridized carbons (Fsp3) is 0.471. The van der Waals surface area contributed by atoms with Crippen molar-refractivity contribution >= 4 is 16.6 Å². The molecule has 0 atom stereocenters. The molecule has 0 aliphatic heterocycles. The maximum absolute atomic E-state index is 5.39. The third-order valence-corrected chi connectivity index (χ3v) is 3.35. The van der Waals surface area contributed by atoms with Gasteiger partial charge in [0.2, 0.25) is 0 Å². The van der Waals surface area contributed by atoms with E-state index in [9.17, 15) is 0 Å². The Balaban J connectivity index is 2.63. The highest BCUT2D eigenvalue weighted by molar-refractivity contribution is 5.94. The maximum Gasteiger partial charge on any atom is 0.162 e. The number of methoxy groups -OCH3 is 2. The molecule has 0 saturated carbocycles. The second-order valence-corrected chi connectivity index (χ2v) is 5.51. The minimum Gasteiger partial charge on any atom is -0.493 e. The fourth-order valence-corrected chi connectivity index (χ4v) is 2.47. The molecule has 0 spiro atoms. The summed E-state index contributed by atoms with van der Waals surface area (Å²) in [6.07, 6.45) is 0.961. The molecular formula is C17H24N2O2. The van der Waals surface area contributed by atoms with Crippen LogP contribution in [0.1, 0.15) is 26.5 Å². The van der Waals surface area contributed by atoms with Gasteiger partial charge in [0.15, 0.2) is 11.5 Å². The summed E-state index contributed by atoms with van der Waals surface area (Å²) in [6.45, 7) is 7.37. The Morgan fingerprint density at radius 1 is 1.10 bits per heavy atom. The van der Waals surface area contributed by atoms with Gasteiger partial charge >= 0.3 is 0 Å². The quantitative estimate of drug-likeness (QED) is 0.876. The van der Waals surface area contributed by atoms with Crippen molar-refractivity contribution in [3.05, 3.63) is 23.9 Å². The third-order valence-electron chi connectivity index (χ3n) is 3.35. The largest absolute Gasteiger partial charge is 0.493 e. The van der Waals surface area contributed by atoms with E-state index in [2.05, 4.69) is 32.2 Å². The van der Waals surface area contributed by atoms with E-state index in [-0.39, 0.29) is 0 Å². The first kappa shape index (κ1) is 15.4. The van der Waals surface area contributed by atoms with Crippen LogP contribution in [0.2, 0.25) is 0 Å². The summed E-state index contributed by atoms with van der Waals surface area (Å²) in [7, 11) is 3.30. The summed E-state index contributed by atoms with van der Waals surface area (Å²) in [5, 5.41) is 4.47. The Morgan fingerprint density at radius 2 is 1.76 bits per heavy atom. The second-order valence-electron chi connectivity index (χ2n) is 5.51. The number of aromatic nitrogens is 1. The van der Waals surface area contributed by atoms with E-state index in [1.165, 1.54) is 0 Å². The zero-order chi connectivity index (χ0) is 15.4. The summed E-state index contributed by atoms with van der Waals surface area (Å²) in [5.41, 5.74) is 3.13. The molecule has 0 aliphatic carbocycles. The highest BCUT2D eigenvalue weighted by atomic mass is 16.5. The molecule has 4 heteroatoms. The molecule has 1 N–H and O–H groups in total. The highest BCUT2D eigenvalue weighted by Crippen LogP contribution is 2.35. The molecule has 2 rings (SSSR count). The number of pyridine rings is 1. The SMILES string of the molecule is CCNc1cc(CC(C)C)nc2cc(OC)c(OC)cc12. The highest BCUT2D eigenvalue weighted by Gasteiger charge is 2.12. The lowest BCUT2D eigenvalue weighted by Crippen LogP contribution is -2.03. The summed E-state index contributed by atoms with van der Waals surface area (Å²) in [6, 6.07) is 6.06. The summed E-state index contributed by atoms with van der Waals surface area (Å²) in [5.74, 6) is 2.01. The summed E-state index contributed by atoms with van der Waals surface area (Å²) in [4.78, 5) is 4.77. The van der Waals surface area contributed by atoms with Crippen LogP contribution in [0.4, 0.5) is 5.69 Å². The van der Waals surface area contributed by atoms with Crippen molar-refractivity contribution in [1.82, 2.24) is 4.98 Å². The van der Waals surface area contributed by atoms with Gasteiger partial charge in [-0.1, -0.05) is 13.8 Å². The van der Waals surface area contributed by atoms with Gasteiger partial charge in [-0.15, -0.1) is 0 Å². The molecule has 0 radical (unpaired) electrons. The van der Waals surface area contributed by atoms with E-state index in [4.69, 9.17) is 14.5 Å². The van der Waals surface area contributed by atoms with Crippen LogP contribution in [0.3, 0.4) is 0 Å². The number of rotatable bonds is 6. The molecule has 1 aromatic carbocycles. The Morgan fingerprint density at radius 3 is 2.33 bits per heavy atom. The standard InChI is InChI=1S/C17H24N2O2/c1-6-18-14-8-12(7-11(2)3)19-15-10-17(21-5)16(20-4)9-13(14)15/h8-11H,6-7H2,1-5H3,(H,18,19). The Kier molecular flexibility index (Phi) is 4.89. The van der Waals surface area contributed by atoms with Gasteiger partial charge in [-0.3, -0.25) is 4.98 Å². The molecule has 0 amide bonds. The van der Waals surface area contributed by atoms with Crippen LogP contribution in [0.5, 0.6) is 11.5 Å². The van der Waals surface area contributed by atoms with Crippen LogP contribution in [-0.2, 0) is 6.42 Å². The lowest BCUT2D eigenvalue weighted by molar-refractivity contribution is 0.356. The smallest absolute Gasteiger partial charge is 0.162 e. The molecule has 4 nitrogen and oxygen atoms in total. The van der Waals surface area contributed by atoms with E-state index in [1.807, 2.05) is 12.1 Å². The summed E-state index contributed by atoms with van der Waals surface area (Å²) >= 11 is 0. The molecule has 0 bridgehead atoms. The molecule has 0 aliphatic rings. The zero-order valence-electron chi connectivity index (χ0n) is 13.5. The van der Waals surface area contributed by atoms with Gasteiger partial charge in [0.05, 0.1) is 19.7 Å². The number of hydrogen-bond donors (Lipinski definition) is 1. The molecule has 0 unspecified atom stereocenters. The number of hydrogen-bond acceptors (Lipinski definition) is 4. The number of nitrogens with zero attached hydrogens (tertiary/aromatic N) is 1. The maximum atomic E-state index is 5.39. The average Bonchev–Trinajstić information content (AvgIpc) is 2.45. The number of ether oxygens (including phenoxy) is 2. The Labute approximate surface area is 126 Å². The van der Waals surface area contributed by atoms with Gasteiger partial charge in [0.1, 0.15) is 0 Å². The van der Waals surface area contributed by atoms with Gasteiger partial charge in [-0.2, -0.15) is 0 Å². The lowest BCUT2D eigenvalue weighted by atomic mass is 10.0. The molecule has 0 saturated heterocycles. The van der Waals surface area contributed by atoms with Crippen molar-refractivity contribution in [2.75, 3.05) is 26.1 Å². The van der Waals surface area contributed by atoms with Gasteiger partial charge in [-0.25, -0.2) is 0 Å². The van der Waals surface area contributed by atoms with Gasteiger partial charge < -0.3 is 14.8 Å². The predicted octanol–water partition coefficient (Wildman–Crippen LogP) is 3.88.